The first-order chi connectivity index (χ1) is 13.0. The standard InChI is InChI=1S/C18H14BrN3O3S2/c1-11(22-12(2)23)3-8-15-9-20-17(26-15)24-13-4-6-14(7-5-13)25-18-21-10-16(19)27-18/h4-7,9-11H,1-2H3,(H,22,23). The van der Waals surface area contributed by atoms with Crippen molar-refractivity contribution in [2.24, 2.45) is 0 Å². The van der Waals surface area contributed by atoms with Gasteiger partial charge in [-0.3, -0.25) is 4.79 Å². The van der Waals surface area contributed by atoms with Gasteiger partial charge in [0.25, 0.3) is 10.4 Å². The number of nitrogens with one attached hydrogen (secondary N) is 1. The Morgan fingerprint density at radius 3 is 2.26 bits per heavy atom. The normalized spacial score (nSPS) is 11.2. The molecule has 6 nitrogen and oxygen atoms in total. The predicted octanol–water partition coefficient (Wildman–Crippen LogP) is 4.82. The molecule has 1 atom stereocenters. The lowest BCUT2D eigenvalue weighted by molar-refractivity contribution is -0.119. The molecule has 2 heterocycles. The second-order valence-corrected chi connectivity index (χ2v) is 8.65. The van der Waals surface area contributed by atoms with Gasteiger partial charge in [0.2, 0.25) is 5.91 Å². The van der Waals surface area contributed by atoms with Crippen LogP contribution in [0.4, 0.5) is 0 Å². The fourth-order valence-electron chi connectivity index (χ4n) is 1.95. The largest absolute Gasteiger partial charge is 0.431 e. The smallest absolute Gasteiger partial charge is 0.279 e. The summed E-state index contributed by atoms with van der Waals surface area (Å²) < 4.78 is 12.3. The highest BCUT2D eigenvalue weighted by Crippen LogP contribution is 2.31. The van der Waals surface area contributed by atoms with Crippen LogP contribution in [0.1, 0.15) is 18.7 Å². The molecule has 138 valence electrons. The van der Waals surface area contributed by atoms with Crippen molar-refractivity contribution in [2.45, 2.75) is 19.9 Å². The quantitative estimate of drug-likeness (QED) is 0.548. The highest BCUT2D eigenvalue weighted by Gasteiger charge is 2.06. The summed E-state index contributed by atoms with van der Waals surface area (Å²) in [6.45, 7) is 3.28. The molecule has 1 amide bonds. The summed E-state index contributed by atoms with van der Waals surface area (Å²) >= 11 is 6.09. The number of thiazole rings is 2. The van der Waals surface area contributed by atoms with Crippen molar-refractivity contribution in [1.82, 2.24) is 15.3 Å². The molecule has 3 aromatic rings. The molecule has 1 aromatic carbocycles. The minimum Gasteiger partial charge on any atom is -0.431 e. The molecule has 3 rings (SSSR count). The maximum atomic E-state index is 11.0. The Morgan fingerprint density at radius 2 is 1.70 bits per heavy atom. The predicted molar refractivity (Wildman–Crippen MR) is 109 cm³/mol. The van der Waals surface area contributed by atoms with E-state index in [-0.39, 0.29) is 11.9 Å². The first-order valence-electron chi connectivity index (χ1n) is 7.79. The molecule has 0 saturated heterocycles. The number of aromatic nitrogens is 2. The van der Waals surface area contributed by atoms with Crippen molar-refractivity contribution >= 4 is 44.5 Å². The van der Waals surface area contributed by atoms with Crippen molar-refractivity contribution in [3.8, 4) is 33.7 Å². The molecule has 0 aliphatic carbocycles. The Hall–Kier alpha value is -2.41. The van der Waals surface area contributed by atoms with Crippen molar-refractivity contribution in [3.05, 3.63) is 45.3 Å². The highest BCUT2D eigenvalue weighted by atomic mass is 79.9. The maximum Gasteiger partial charge on any atom is 0.279 e. The third-order valence-electron chi connectivity index (χ3n) is 3.01. The molecule has 27 heavy (non-hydrogen) atoms. The Bertz CT molecular complexity index is 989. The number of ether oxygens (including phenoxy) is 2. The third kappa shape index (κ3) is 6.06. The van der Waals surface area contributed by atoms with Crippen molar-refractivity contribution in [1.29, 1.82) is 0 Å². The lowest BCUT2D eigenvalue weighted by Gasteiger charge is -2.04. The molecule has 0 saturated carbocycles. The molecule has 1 N–H and O–H groups in total. The van der Waals surface area contributed by atoms with E-state index in [9.17, 15) is 4.79 Å². The van der Waals surface area contributed by atoms with Gasteiger partial charge in [-0.15, -0.1) is 0 Å². The van der Waals surface area contributed by atoms with E-state index in [0.717, 1.165) is 8.66 Å². The number of rotatable bonds is 5. The van der Waals surface area contributed by atoms with Crippen LogP contribution in [0.15, 0.2) is 40.4 Å². The van der Waals surface area contributed by atoms with E-state index in [1.54, 1.807) is 36.7 Å². The van der Waals surface area contributed by atoms with E-state index in [1.807, 2.05) is 6.92 Å². The Labute approximate surface area is 172 Å². The number of carbonyl (C=O) groups is 1. The average molecular weight is 464 g/mol. The second-order valence-electron chi connectivity index (χ2n) is 5.29. The average Bonchev–Trinajstić information content (AvgIpc) is 3.23. The summed E-state index contributed by atoms with van der Waals surface area (Å²) in [5, 5.41) is 3.76. The monoisotopic (exact) mass is 463 g/mol. The van der Waals surface area contributed by atoms with E-state index in [2.05, 4.69) is 43.1 Å². The Balaban J connectivity index is 1.58. The fourth-order valence-corrected chi connectivity index (χ4v) is 3.63. The van der Waals surface area contributed by atoms with Gasteiger partial charge in [0, 0.05) is 6.92 Å². The zero-order valence-corrected chi connectivity index (χ0v) is 17.6. The van der Waals surface area contributed by atoms with Crippen LogP contribution in [-0.4, -0.2) is 21.9 Å². The summed E-state index contributed by atoms with van der Waals surface area (Å²) in [6, 6.07) is 6.97. The minimum absolute atomic E-state index is 0.111. The van der Waals surface area contributed by atoms with Gasteiger partial charge in [0.1, 0.15) is 16.4 Å². The number of nitrogens with zero attached hydrogens (tertiary/aromatic N) is 2. The maximum absolute atomic E-state index is 11.0. The first-order valence-corrected chi connectivity index (χ1v) is 10.2. The van der Waals surface area contributed by atoms with E-state index in [4.69, 9.17) is 9.47 Å². The lowest BCUT2D eigenvalue weighted by atomic mass is 10.3. The minimum atomic E-state index is -0.222. The van der Waals surface area contributed by atoms with Crippen LogP contribution in [0.2, 0.25) is 0 Å². The van der Waals surface area contributed by atoms with Gasteiger partial charge in [-0.2, -0.15) is 0 Å². The number of amides is 1. The van der Waals surface area contributed by atoms with Crippen molar-refractivity contribution in [2.75, 3.05) is 0 Å². The summed E-state index contributed by atoms with van der Waals surface area (Å²) in [5.41, 5.74) is 0. The molecule has 0 spiro atoms. The number of carbonyl (C=O) groups excluding carboxylic acids is 1. The van der Waals surface area contributed by atoms with Crippen LogP contribution in [0.3, 0.4) is 0 Å². The van der Waals surface area contributed by atoms with Crippen LogP contribution >= 0.6 is 38.6 Å². The van der Waals surface area contributed by atoms with Gasteiger partial charge in [-0.1, -0.05) is 34.5 Å². The summed E-state index contributed by atoms with van der Waals surface area (Å²) in [7, 11) is 0. The topological polar surface area (TPSA) is 73.3 Å². The van der Waals surface area contributed by atoms with E-state index >= 15 is 0 Å². The molecular formula is C18H14BrN3O3S2. The molecule has 9 heteroatoms. The van der Waals surface area contributed by atoms with Gasteiger partial charge in [0.15, 0.2) is 0 Å². The van der Waals surface area contributed by atoms with Gasteiger partial charge in [0.05, 0.1) is 22.2 Å². The molecule has 0 aliphatic heterocycles. The third-order valence-corrected chi connectivity index (χ3v) is 5.15. The van der Waals surface area contributed by atoms with Crippen molar-refractivity contribution in [3.63, 3.8) is 0 Å². The van der Waals surface area contributed by atoms with E-state index < -0.39 is 0 Å². The molecule has 0 fully saturated rings. The van der Waals surface area contributed by atoms with Crippen LogP contribution < -0.4 is 14.8 Å². The van der Waals surface area contributed by atoms with Gasteiger partial charge < -0.3 is 14.8 Å². The van der Waals surface area contributed by atoms with Crippen LogP contribution in [0.5, 0.6) is 21.9 Å². The number of halogens is 1. The number of benzene rings is 1. The van der Waals surface area contributed by atoms with Crippen LogP contribution in [-0.2, 0) is 4.79 Å². The number of hydrogen-bond acceptors (Lipinski definition) is 7. The molecular weight excluding hydrogens is 450 g/mol. The van der Waals surface area contributed by atoms with Gasteiger partial charge in [-0.25, -0.2) is 9.97 Å². The summed E-state index contributed by atoms with van der Waals surface area (Å²) in [6.07, 6.45) is 3.34. The number of hydrogen-bond donors (Lipinski definition) is 1. The summed E-state index contributed by atoms with van der Waals surface area (Å²) in [5.74, 6) is 7.12. The zero-order valence-electron chi connectivity index (χ0n) is 14.4. The highest BCUT2D eigenvalue weighted by molar-refractivity contribution is 9.11. The Morgan fingerprint density at radius 1 is 1.11 bits per heavy atom. The van der Waals surface area contributed by atoms with Gasteiger partial charge >= 0.3 is 0 Å². The molecule has 0 aliphatic rings. The Kier molecular flexibility index (Phi) is 6.45. The van der Waals surface area contributed by atoms with Crippen molar-refractivity contribution < 1.29 is 14.3 Å². The first kappa shape index (κ1) is 19.4. The molecule has 0 radical (unpaired) electrons. The fraction of sp³-hybridized carbons (Fsp3) is 0.167. The van der Waals surface area contributed by atoms with E-state index in [1.165, 1.54) is 29.6 Å². The SMILES string of the molecule is CC(=O)NC(C)C#Cc1cnc(Oc2ccc(Oc3ncc(Br)s3)cc2)s1. The molecule has 2 aromatic heterocycles. The lowest BCUT2D eigenvalue weighted by Crippen LogP contribution is -2.28. The van der Waals surface area contributed by atoms with Gasteiger partial charge in [-0.05, 0) is 47.1 Å². The van der Waals surface area contributed by atoms with Crippen LogP contribution in [0.25, 0.3) is 0 Å². The molecule has 0 bridgehead atoms. The molecule has 1 unspecified atom stereocenters. The second kappa shape index (κ2) is 8.99. The zero-order chi connectivity index (χ0) is 19.2. The van der Waals surface area contributed by atoms with E-state index in [0.29, 0.717) is 21.9 Å². The summed E-state index contributed by atoms with van der Waals surface area (Å²) in [4.78, 5) is 20.1. The van der Waals surface area contributed by atoms with Crippen LogP contribution in [0, 0.1) is 11.8 Å².